The van der Waals surface area contributed by atoms with Crippen molar-refractivity contribution in [3.8, 4) is 0 Å². The lowest BCUT2D eigenvalue weighted by Gasteiger charge is -2.24. The summed E-state index contributed by atoms with van der Waals surface area (Å²) in [6.07, 6.45) is 1.11. The number of carbonyl (C=O) groups excluding carboxylic acids is 2. The molecule has 2 N–H and O–H groups in total. The molecule has 6 heteroatoms. The maximum absolute atomic E-state index is 13.4. The van der Waals surface area contributed by atoms with Crippen LogP contribution in [0, 0.1) is 0 Å². The minimum Gasteiger partial charge on any atom is -0.382 e. The number of aromatic nitrogens is 1. The minimum atomic E-state index is -1.47. The van der Waals surface area contributed by atoms with E-state index < -0.39 is 22.8 Å². The molecule has 0 amide bonds. The molecule has 0 saturated heterocycles. The van der Waals surface area contributed by atoms with Gasteiger partial charge in [-0.05, 0) is 62.1 Å². The summed E-state index contributed by atoms with van der Waals surface area (Å²) in [4.78, 5) is 39.2. The van der Waals surface area contributed by atoms with E-state index in [4.69, 9.17) is 0 Å². The third-order valence-electron chi connectivity index (χ3n) is 6.91. The van der Waals surface area contributed by atoms with Crippen molar-refractivity contribution in [1.29, 1.82) is 0 Å². The van der Waals surface area contributed by atoms with Gasteiger partial charge in [-0.15, -0.1) is 0 Å². The second-order valence-corrected chi connectivity index (χ2v) is 8.49. The number of hydrogen-bond acceptors (Lipinski definition) is 5. The zero-order valence-electron chi connectivity index (χ0n) is 19.4. The van der Waals surface area contributed by atoms with Gasteiger partial charge in [0.1, 0.15) is 11.2 Å². The number of Topliss-reactive ketones (excluding diaryl/α,β-unsaturated/α-hetero) is 2. The standard InChI is InChI=1S/C26H31NO5/c1-6-25(31,7-2)23(29)16-10-12-20-18(14-16)22(28)19-15-17(11-13-21(19)27(20)5)24(30)26(32,8-3)9-4/h10-15,31-32H,6-9H2,1-5H3. The van der Waals surface area contributed by atoms with E-state index in [9.17, 15) is 24.6 Å². The number of ketones is 2. The van der Waals surface area contributed by atoms with E-state index in [1.165, 1.54) is 12.1 Å². The number of aryl methyl sites for hydroxylation is 1. The first kappa shape index (κ1) is 23.8. The second-order valence-electron chi connectivity index (χ2n) is 8.49. The Bertz CT molecular complexity index is 1170. The van der Waals surface area contributed by atoms with Gasteiger partial charge in [0.05, 0.1) is 11.0 Å². The van der Waals surface area contributed by atoms with Crippen molar-refractivity contribution in [3.05, 3.63) is 57.7 Å². The van der Waals surface area contributed by atoms with Crippen LogP contribution in [0.15, 0.2) is 41.2 Å². The summed E-state index contributed by atoms with van der Waals surface area (Å²) in [5.74, 6) is -0.821. The van der Waals surface area contributed by atoms with Crippen molar-refractivity contribution in [2.45, 2.75) is 64.6 Å². The number of nitrogens with zero attached hydrogens (tertiary/aromatic N) is 1. The highest BCUT2D eigenvalue weighted by Gasteiger charge is 2.34. The van der Waals surface area contributed by atoms with E-state index in [2.05, 4.69) is 0 Å². The first-order chi connectivity index (χ1) is 15.1. The van der Waals surface area contributed by atoms with E-state index in [0.29, 0.717) is 21.8 Å². The highest BCUT2D eigenvalue weighted by Crippen LogP contribution is 2.27. The Hall–Kier alpha value is -2.83. The second kappa shape index (κ2) is 8.60. The van der Waals surface area contributed by atoms with Crippen LogP contribution in [-0.2, 0) is 7.05 Å². The van der Waals surface area contributed by atoms with Crippen molar-refractivity contribution >= 4 is 33.4 Å². The lowest BCUT2D eigenvalue weighted by molar-refractivity contribution is 0.0277. The molecule has 2 aromatic carbocycles. The predicted molar refractivity (Wildman–Crippen MR) is 126 cm³/mol. The molecular formula is C26H31NO5. The van der Waals surface area contributed by atoms with Gasteiger partial charge in [0, 0.05) is 28.9 Å². The predicted octanol–water partition coefficient (Wildman–Crippen LogP) is 4.16. The zero-order chi connectivity index (χ0) is 23.8. The molecule has 0 spiro atoms. The van der Waals surface area contributed by atoms with Gasteiger partial charge in [0.2, 0.25) is 0 Å². The van der Waals surface area contributed by atoms with Gasteiger partial charge in [0.25, 0.3) is 0 Å². The summed E-state index contributed by atoms with van der Waals surface area (Å²) in [6.45, 7) is 7.01. The lowest BCUT2D eigenvalue weighted by atomic mass is 9.87. The SMILES string of the molecule is CCC(O)(CC)C(=O)c1ccc2c(c1)c(=O)c1cc(C(=O)C(O)(CC)CC)ccc1n2C. The van der Waals surface area contributed by atoms with E-state index in [1.807, 2.05) is 11.6 Å². The normalized spacial score (nSPS) is 12.5. The number of carbonyl (C=O) groups is 2. The van der Waals surface area contributed by atoms with E-state index in [-0.39, 0.29) is 42.2 Å². The summed E-state index contributed by atoms with van der Waals surface area (Å²) >= 11 is 0. The van der Waals surface area contributed by atoms with Crippen LogP contribution in [0.5, 0.6) is 0 Å². The summed E-state index contributed by atoms with van der Waals surface area (Å²) in [7, 11) is 1.82. The van der Waals surface area contributed by atoms with Crippen molar-refractivity contribution < 1.29 is 19.8 Å². The average Bonchev–Trinajstić information content (AvgIpc) is 2.84. The van der Waals surface area contributed by atoms with Crippen LogP contribution in [0.25, 0.3) is 21.8 Å². The molecule has 0 aliphatic rings. The molecular weight excluding hydrogens is 406 g/mol. The number of aliphatic hydroxyl groups is 2. The van der Waals surface area contributed by atoms with Crippen LogP contribution < -0.4 is 5.43 Å². The van der Waals surface area contributed by atoms with Gasteiger partial charge < -0.3 is 14.8 Å². The van der Waals surface area contributed by atoms with Gasteiger partial charge in [-0.3, -0.25) is 14.4 Å². The number of pyridine rings is 1. The van der Waals surface area contributed by atoms with Crippen molar-refractivity contribution in [2.75, 3.05) is 0 Å². The highest BCUT2D eigenvalue weighted by atomic mass is 16.3. The van der Waals surface area contributed by atoms with E-state index >= 15 is 0 Å². The lowest BCUT2D eigenvalue weighted by Crippen LogP contribution is -2.37. The number of rotatable bonds is 8. The van der Waals surface area contributed by atoms with Crippen molar-refractivity contribution in [1.82, 2.24) is 4.57 Å². The molecule has 170 valence electrons. The molecule has 6 nitrogen and oxygen atoms in total. The maximum atomic E-state index is 13.4. The van der Waals surface area contributed by atoms with Crippen molar-refractivity contribution in [2.24, 2.45) is 7.05 Å². The third kappa shape index (κ3) is 3.67. The molecule has 0 fully saturated rings. The Morgan fingerprint density at radius 2 is 1.09 bits per heavy atom. The monoisotopic (exact) mass is 437 g/mol. The van der Waals surface area contributed by atoms with Crippen LogP contribution >= 0.6 is 0 Å². The van der Waals surface area contributed by atoms with Gasteiger partial charge in [-0.1, -0.05) is 27.7 Å². The molecule has 3 aromatic rings. The van der Waals surface area contributed by atoms with Crippen LogP contribution in [0.2, 0.25) is 0 Å². The van der Waals surface area contributed by atoms with Crippen LogP contribution in [0.1, 0.15) is 74.1 Å². The fourth-order valence-corrected chi connectivity index (χ4v) is 4.26. The van der Waals surface area contributed by atoms with Gasteiger partial charge in [-0.25, -0.2) is 0 Å². The summed E-state index contributed by atoms with van der Waals surface area (Å²) in [6, 6.07) is 9.74. The molecule has 0 saturated carbocycles. The molecule has 0 aliphatic heterocycles. The van der Waals surface area contributed by atoms with Crippen LogP contribution in [0.3, 0.4) is 0 Å². The third-order valence-corrected chi connectivity index (χ3v) is 6.91. The number of fused-ring (bicyclic) bond motifs is 2. The zero-order valence-corrected chi connectivity index (χ0v) is 19.4. The Morgan fingerprint density at radius 1 is 0.750 bits per heavy atom. The Kier molecular flexibility index (Phi) is 6.40. The molecule has 0 bridgehead atoms. The molecule has 0 aliphatic carbocycles. The largest absolute Gasteiger partial charge is 0.382 e. The average molecular weight is 438 g/mol. The molecule has 0 unspecified atom stereocenters. The summed E-state index contributed by atoms with van der Waals surface area (Å²) < 4.78 is 1.84. The highest BCUT2D eigenvalue weighted by molar-refractivity contribution is 6.07. The maximum Gasteiger partial charge on any atom is 0.197 e. The van der Waals surface area contributed by atoms with Gasteiger partial charge in [-0.2, -0.15) is 0 Å². The number of benzene rings is 2. The Labute approximate surface area is 187 Å². The van der Waals surface area contributed by atoms with Crippen molar-refractivity contribution in [3.63, 3.8) is 0 Å². The van der Waals surface area contributed by atoms with Gasteiger partial charge in [0.15, 0.2) is 17.0 Å². The fraction of sp³-hybridized carbons (Fsp3) is 0.423. The Morgan fingerprint density at radius 3 is 1.41 bits per heavy atom. The fourth-order valence-electron chi connectivity index (χ4n) is 4.26. The number of hydrogen-bond donors (Lipinski definition) is 2. The quantitative estimate of drug-likeness (QED) is 0.407. The topological polar surface area (TPSA) is 96.6 Å². The van der Waals surface area contributed by atoms with Crippen LogP contribution in [-0.4, -0.2) is 37.5 Å². The van der Waals surface area contributed by atoms with E-state index in [1.54, 1.807) is 52.0 Å². The smallest absolute Gasteiger partial charge is 0.197 e. The van der Waals surface area contributed by atoms with E-state index in [0.717, 1.165) is 0 Å². The Balaban J connectivity index is 2.25. The van der Waals surface area contributed by atoms with Gasteiger partial charge >= 0.3 is 0 Å². The molecule has 3 rings (SSSR count). The molecule has 32 heavy (non-hydrogen) atoms. The summed E-state index contributed by atoms with van der Waals surface area (Å²) in [5.41, 5.74) is -1.40. The molecule has 1 aromatic heterocycles. The minimum absolute atomic E-state index is 0.277. The molecule has 0 radical (unpaired) electrons. The molecule has 0 atom stereocenters. The summed E-state index contributed by atoms with van der Waals surface area (Å²) in [5, 5.41) is 22.0. The first-order valence-electron chi connectivity index (χ1n) is 11.2. The molecule has 1 heterocycles. The van der Waals surface area contributed by atoms with Crippen LogP contribution in [0.4, 0.5) is 0 Å². The first-order valence-corrected chi connectivity index (χ1v) is 11.2.